The van der Waals surface area contributed by atoms with Gasteiger partial charge in [-0.3, -0.25) is 4.79 Å². The molecule has 0 aromatic heterocycles. The smallest absolute Gasteiger partial charge is 0.320 e. The summed E-state index contributed by atoms with van der Waals surface area (Å²) in [6, 6.07) is -0.269. The third kappa shape index (κ3) is 10.4. The first-order chi connectivity index (χ1) is 11.0. The summed E-state index contributed by atoms with van der Waals surface area (Å²) in [4.78, 5) is 10.1. The van der Waals surface area contributed by atoms with E-state index in [9.17, 15) is 4.79 Å². The van der Waals surface area contributed by atoms with E-state index in [1.165, 1.54) is 44.7 Å². The van der Waals surface area contributed by atoms with Gasteiger partial charge in [0.15, 0.2) is 0 Å². The van der Waals surface area contributed by atoms with Gasteiger partial charge in [0.2, 0.25) is 0 Å². The van der Waals surface area contributed by atoms with Crippen LogP contribution in [0.25, 0.3) is 0 Å². The van der Waals surface area contributed by atoms with Gasteiger partial charge in [0, 0.05) is 0 Å². The molecule has 0 bridgehead atoms. The van der Waals surface area contributed by atoms with Crippen LogP contribution in [0.5, 0.6) is 0 Å². The second kappa shape index (κ2) is 14.2. The minimum absolute atomic E-state index is 0.269. The van der Waals surface area contributed by atoms with E-state index in [0.29, 0.717) is 0 Å². The van der Waals surface area contributed by atoms with E-state index in [-0.39, 0.29) is 6.04 Å². The third-order valence-corrected chi connectivity index (χ3v) is 10.1. The van der Waals surface area contributed by atoms with Crippen molar-refractivity contribution in [1.82, 2.24) is 5.32 Å². The minimum atomic E-state index is -0.720. The maximum absolute atomic E-state index is 10.1. The molecular formula is C19H41NO2P. The van der Waals surface area contributed by atoms with Crippen molar-refractivity contribution in [1.29, 1.82) is 0 Å². The average Bonchev–Trinajstić information content (AvgIpc) is 3.10. The molecule has 0 spiro atoms. The normalized spacial score (nSPS) is 17.7. The van der Waals surface area contributed by atoms with Gasteiger partial charge in [0.25, 0.3) is 0 Å². The Bertz CT molecular complexity index is 269. The second-order valence-electron chi connectivity index (χ2n) is 6.88. The predicted molar refractivity (Wildman–Crippen MR) is 105 cm³/mol. The van der Waals surface area contributed by atoms with Crippen molar-refractivity contribution in [2.24, 2.45) is 0 Å². The zero-order valence-electron chi connectivity index (χ0n) is 16.1. The molecule has 1 fully saturated rings. The average molecular weight is 347 g/mol. The summed E-state index contributed by atoms with van der Waals surface area (Å²) in [5, 5.41) is 11.2. The van der Waals surface area contributed by atoms with Crippen molar-refractivity contribution in [2.75, 3.05) is 31.2 Å². The largest absolute Gasteiger partial charge is 0.480 e. The van der Waals surface area contributed by atoms with E-state index < -0.39 is 13.2 Å². The summed E-state index contributed by atoms with van der Waals surface area (Å²) in [5.74, 6) is -0.720. The maximum atomic E-state index is 10.1. The second-order valence-corrected chi connectivity index (χ2v) is 11.5. The molecule has 2 N–H and O–H groups in total. The van der Waals surface area contributed by atoms with Crippen LogP contribution in [0.15, 0.2) is 0 Å². The fraction of sp³-hybridized carbons (Fsp3) is 0.947. The molecule has 0 amide bonds. The van der Waals surface area contributed by atoms with E-state index in [1.807, 2.05) is 0 Å². The summed E-state index contributed by atoms with van der Waals surface area (Å²) in [7, 11) is -0.527. The van der Waals surface area contributed by atoms with Crippen LogP contribution in [0.2, 0.25) is 0 Å². The lowest BCUT2D eigenvalue weighted by Gasteiger charge is -2.36. The Kier molecular flexibility index (Phi) is 14.1. The van der Waals surface area contributed by atoms with Crippen LogP contribution >= 0.6 is 7.26 Å². The standard InChI is InChI=1S/C14H32P.C5H9NO2/c1-5-9-12-15(8-4,13-10-6-2)14-11-7-3;7-5(8)4-2-1-3-6-4/h5-14H2,1-4H3;4,6H,1-3H2,(H,7,8)/t;4-/m.0/s1. The van der Waals surface area contributed by atoms with E-state index in [1.54, 1.807) is 18.5 Å². The van der Waals surface area contributed by atoms with Crippen LogP contribution in [-0.4, -0.2) is 48.3 Å². The van der Waals surface area contributed by atoms with Crippen LogP contribution in [0.1, 0.15) is 79.1 Å². The number of hydrogen-bond donors (Lipinski definition) is 2. The Hall–Kier alpha value is -0.140. The highest BCUT2D eigenvalue weighted by Gasteiger charge is 2.23. The number of carboxylic acid groups (broad SMARTS) is 1. The molecule has 1 heterocycles. The van der Waals surface area contributed by atoms with Gasteiger partial charge in [-0.05, 0) is 63.3 Å². The molecule has 1 aliphatic heterocycles. The number of rotatable bonds is 11. The van der Waals surface area contributed by atoms with E-state index in [0.717, 1.165) is 19.4 Å². The summed E-state index contributed by atoms with van der Waals surface area (Å²) in [6.07, 6.45) is 16.7. The highest BCUT2D eigenvalue weighted by molar-refractivity contribution is 7.75. The lowest BCUT2D eigenvalue weighted by atomic mass is 10.2. The van der Waals surface area contributed by atoms with E-state index in [2.05, 4.69) is 33.0 Å². The van der Waals surface area contributed by atoms with Crippen molar-refractivity contribution in [3.63, 3.8) is 0 Å². The summed E-state index contributed by atoms with van der Waals surface area (Å²) in [6.45, 7) is 10.3. The SMILES string of the molecule is CCCC[P](CC)(CCCC)CCCC.O=C(O)[C@@H]1CCCN1. The quantitative estimate of drug-likeness (QED) is 0.503. The first kappa shape index (κ1) is 22.9. The molecule has 4 heteroatoms. The molecule has 0 unspecified atom stereocenters. The lowest BCUT2D eigenvalue weighted by molar-refractivity contribution is -0.139. The third-order valence-electron chi connectivity index (χ3n) is 4.99. The Morgan fingerprint density at radius 2 is 1.48 bits per heavy atom. The number of aliphatic carboxylic acids is 1. The Morgan fingerprint density at radius 1 is 1.00 bits per heavy atom. The van der Waals surface area contributed by atoms with Crippen molar-refractivity contribution < 1.29 is 9.90 Å². The number of nitrogens with one attached hydrogen (secondary N) is 1. The molecule has 1 radical (unpaired) electrons. The molecule has 0 aromatic rings. The number of unbranched alkanes of at least 4 members (excludes halogenated alkanes) is 3. The van der Waals surface area contributed by atoms with Gasteiger partial charge >= 0.3 is 5.97 Å². The molecule has 0 aliphatic carbocycles. The monoisotopic (exact) mass is 346 g/mol. The Morgan fingerprint density at radius 3 is 1.70 bits per heavy atom. The molecule has 139 valence electrons. The van der Waals surface area contributed by atoms with Crippen molar-refractivity contribution in [2.45, 2.75) is 85.1 Å². The van der Waals surface area contributed by atoms with Crippen molar-refractivity contribution >= 4 is 13.2 Å². The molecular weight excluding hydrogens is 305 g/mol. The highest BCUT2D eigenvalue weighted by atomic mass is 31.2. The minimum Gasteiger partial charge on any atom is -0.480 e. The zero-order valence-corrected chi connectivity index (χ0v) is 17.0. The van der Waals surface area contributed by atoms with Crippen LogP contribution in [0.4, 0.5) is 0 Å². The topological polar surface area (TPSA) is 49.3 Å². The van der Waals surface area contributed by atoms with Crippen molar-refractivity contribution in [3.8, 4) is 0 Å². The number of carbonyl (C=O) groups is 1. The van der Waals surface area contributed by atoms with Gasteiger partial charge in [0.05, 0.1) is 0 Å². The zero-order chi connectivity index (χ0) is 17.6. The van der Waals surface area contributed by atoms with Gasteiger partial charge < -0.3 is 10.4 Å². The molecule has 1 aliphatic rings. The van der Waals surface area contributed by atoms with Crippen LogP contribution in [-0.2, 0) is 4.79 Å². The maximum Gasteiger partial charge on any atom is 0.320 e. The Labute approximate surface area is 145 Å². The fourth-order valence-electron chi connectivity index (χ4n) is 3.19. The van der Waals surface area contributed by atoms with Crippen molar-refractivity contribution in [3.05, 3.63) is 0 Å². The molecule has 1 atom stereocenters. The molecule has 3 nitrogen and oxygen atoms in total. The van der Waals surface area contributed by atoms with Gasteiger partial charge in [-0.1, -0.05) is 47.0 Å². The van der Waals surface area contributed by atoms with Gasteiger partial charge in [-0.25, -0.2) is 0 Å². The molecule has 23 heavy (non-hydrogen) atoms. The summed E-state index contributed by atoms with van der Waals surface area (Å²) >= 11 is 0. The molecule has 1 rings (SSSR count). The van der Waals surface area contributed by atoms with E-state index >= 15 is 0 Å². The van der Waals surface area contributed by atoms with Crippen LogP contribution in [0.3, 0.4) is 0 Å². The lowest BCUT2D eigenvalue weighted by Crippen LogP contribution is -2.29. The number of hydrogen-bond acceptors (Lipinski definition) is 2. The summed E-state index contributed by atoms with van der Waals surface area (Å²) in [5.41, 5.74) is 0. The van der Waals surface area contributed by atoms with Crippen LogP contribution < -0.4 is 5.32 Å². The Balaban J connectivity index is 0.000000502. The molecule has 0 aromatic carbocycles. The van der Waals surface area contributed by atoms with Gasteiger partial charge in [0.1, 0.15) is 6.04 Å². The molecule has 0 saturated carbocycles. The van der Waals surface area contributed by atoms with Gasteiger partial charge in [-0.15, -0.1) is 7.26 Å². The summed E-state index contributed by atoms with van der Waals surface area (Å²) < 4.78 is 0. The molecule has 1 saturated heterocycles. The van der Waals surface area contributed by atoms with Crippen LogP contribution in [0, 0.1) is 0 Å². The van der Waals surface area contributed by atoms with E-state index in [4.69, 9.17) is 5.11 Å². The number of carboxylic acids is 1. The first-order valence-electron chi connectivity index (χ1n) is 9.86. The fourth-order valence-corrected chi connectivity index (χ4v) is 7.77. The predicted octanol–water partition coefficient (Wildman–Crippen LogP) is 5.25. The first-order valence-corrected chi connectivity index (χ1v) is 12.4. The highest BCUT2D eigenvalue weighted by Crippen LogP contribution is 2.60. The van der Waals surface area contributed by atoms with Gasteiger partial charge in [-0.2, -0.15) is 0 Å².